The highest BCUT2D eigenvalue weighted by Gasteiger charge is 2.04. The first kappa shape index (κ1) is 12.7. The molecule has 3 nitrogen and oxygen atoms in total. The lowest BCUT2D eigenvalue weighted by atomic mass is 10.2. The van der Waals surface area contributed by atoms with E-state index in [0.29, 0.717) is 6.54 Å². The lowest BCUT2D eigenvalue weighted by molar-refractivity contribution is 0.538. The molecule has 0 unspecified atom stereocenters. The van der Waals surface area contributed by atoms with E-state index in [2.05, 4.69) is 10.3 Å². The van der Waals surface area contributed by atoms with Crippen LogP contribution in [0.2, 0.25) is 0 Å². The standard InChI is InChI=1S/C16H15FN2O/c1-2-16-19-14-9-13(6-7-15(14)20-16)18-10-11-4-3-5-12(17)8-11/h3-9,18H,2,10H2,1H3. The Kier molecular flexibility index (Phi) is 3.37. The van der Waals surface area contributed by atoms with Crippen LogP contribution >= 0.6 is 0 Å². The molecular formula is C16H15FN2O. The van der Waals surface area contributed by atoms with E-state index in [1.54, 1.807) is 6.07 Å². The summed E-state index contributed by atoms with van der Waals surface area (Å²) in [4.78, 5) is 4.39. The van der Waals surface area contributed by atoms with Gasteiger partial charge in [0.05, 0.1) is 0 Å². The van der Waals surface area contributed by atoms with E-state index in [1.165, 1.54) is 12.1 Å². The molecule has 0 amide bonds. The predicted octanol–water partition coefficient (Wildman–Crippen LogP) is 4.14. The molecule has 2 aromatic carbocycles. The number of aromatic nitrogens is 1. The highest BCUT2D eigenvalue weighted by molar-refractivity contribution is 5.77. The van der Waals surface area contributed by atoms with Crippen LogP contribution in [0, 0.1) is 5.82 Å². The van der Waals surface area contributed by atoms with Gasteiger partial charge in [-0.15, -0.1) is 0 Å². The maximum Gasteiger partial charge on any atom is 0.195 e. The fourth-order valence-electron chi connectivity index (χ4n) is 2.09. The number of fused-ring (bicyclic) bond motifs is 1. The van der Waals surface area contributed by atoms with Crippen LogP contribution in [0.25, 0.3) is 11.1 Å². The van der Waals surface area contributed by atoms with Crippen LogP contribution in [0.5, 0.6) is 0 Å². The van der Waals surface area contributed by atoms with Crippen molar-refractivity contribution in [2.24, 2.45) is 0 Å². The average molecular weight is 270 g/mol. The van der Waals surface area contributed by atoms with Crippen molar-refractivity contribution in [2.45, 2.75) is 19.9 Å². The van der Waals surface area contributed by atoms with Crippen LogP contribution in [0.15, 0.2) is 46.9 Å². The minimum atomic E-state index is -0.219. The Labute approximate surface area is 116 Å². The lowest BCUT2D eigenvalue weighted by Crippen LogP contribution is -1.99. The third-order valence-electron chi connectivity index (χ3n) is 3.12. The van der Waals surface area contributed by atoms with Crippen molar-refractivity contribution in [3.8, 4) is 0 Å². The number of hydrogen-bond acceptors (Lipinski definition) is 3. The van der Waals surface area contributed by atoms with Crippen LogP contribution in [0.1, 0.15) is 18.4 Å². The quantitative estimate of drug-likeness (QED) is 0.774. The molecule has 0 bridgehead atoms. The highest BCUT2D eigenvalue weighted by Crippen LogP contribution is 2.20. The van der Waals surface area contributed by atoms with E-state index in [9.17, 15) is 4.39 Å². The Morgan fingerprint density at radius 3 is 2.90 bits per heavy atom. The Morgan fingerprint density at radius 2 is 2.10 bits per heavy atom. The zero-order chi connectivity index (χ0) is 13.9. The maximum atomic E-state index is 13.1. The van der Waals surface area contributed by atoms with Crippen LogP contribution < -0.4 is 5.32 Å². The lowest BCUT2D eigenvalue weighted by Gasteiger charge is -2.06. The van der Waals surface area contributed by atoms with Gasteiger partial charge in [0.25, 0.3) is 0 Å². The second-order valence-electron chi connectivity index (χ2n) is 4.63. The van der Waals surface area contributed by atoms with Crippen LogP contribution in [0.4, 0.5) is 10.1 Å². The molecule has 3 aromatic rings. The molecule has 3 rings (SSSR count). The zero-order valence-electron chi connectivity index (χ0n) is 11.2. The molecule has 0 aliphatic rings. The Balaban J connectivity index is 1.77. The number of nitrogens with one attached hydrogen (secondary N) is 1. The Hall–Kier alpha value is -2.36. The van der Waals surface area contributed by atoms with Crippen molar-refractivity contribution in [1.29, 1.82) is 0 Å². The third-order valence-corrected chi connectivity index (χ3v) is 3.12. The largest absolute Gasteiger partial charge is 0.441 e. The average Bonchev–Trinajstić information content (AvgIpc) is 2.87. The van der Waals surface area contributed by atoms with E-state index in [-0.39, 0.29) is 5.82 Å². The number of benzene rings is 2. The summed E-state index contributed by atoms with van der Waals surface area (Å²) in [5.74, 6) is 0.520. The molecule has 20 heavy (non-hydrogen) atoms. The molecule has 0 aliphatic carbocycles. The van der Waals surface area contributed by atoms with Gasteiger partial charge in [-0.1, -0.05) is 19.1 Å². The van der Waals surface area contributed by atoms with Gasteiger partial charge in [0.2, 0.25) is 0 Å². The number of aryl methyl sites for hydroxylation is 1. The fourth-order valence-corrected chi connectivity index (χ4v) is 2.09. The van der Waals surface area contributed by atoms with Gasteiger partial charge >= 0.3 is 0 Å². The molecule has 0 atom stereocenters. The monoisotopic (exact) mass is 270 g/mol. The van der Waals surface area contributed by atoms with E-state index in [1.807, 2.05) is 31.2 Å². The van der Waals surface area contributed by atoms with E-state index in [4.69, 9.17) is 4.42 Å². The third kappa shape index (κ3) is 2.64. The summed E-state index contributed by atoms with van der Waals surface area (Å²) < 4.78 is 18.7. The summed E-state index contributed by atoms with van der Waals surface area (Å²) in [5, 5.41) is 3.26. The topological polar surface area (TPSA) is 38.1 Å². The Bertz CT molecular complexity index is 736. The van der Waals surface area contributed by atoms with Gasteiger partial charge in [-0.3, -0.25) is 0 Å². The number of hydrogen-bond donors (Lipinski definition) is 1. The first-order valence-corrected chi connectivity index (χ1v) is 6.62. The molecular weight excluding hydrogens is 255 g/mol. The van der Waals surface area contributed by atoms with Crippen LogP contribution in [-0.2, 0) is 13.0 Å². The van der Waals surface area contributed by atoms with Gasteiger partial charge in [-0.2, -0.15) is 0 Å². The summed E-state index contributed by atoms with van der Waals surface area (Å²) in [5.41, 5.74) is 3.47. The molecule has 1 heterocycles. The molecule has 1 aromatic heterocycles. The number of rotatable bonds is 4. The molecule has 0 radical (unpaired) electrons. The summed E-state index contributed by atoms with van der Waals surface area (Å²) in [7, 11) is 0. The second kappa shape index (κ2) is 5.33. The summed E-state index contributed by atoms with van der Waals surface area (Å²) >= 11 is 0. The van der Waals surface area contributed by atoms with Gasteiger partial charge < -0.3 is 9.73 Å². The van der Waals surface area contributed by atoms with Crippen molar-refractivity contribution in [2.75, 3.05) is 5.32 Å². The molecule has 0 saturated carbocycles. The molecule has 0 fully saturated rings. The highest BCUT2D eigenvalue weighted by atomic mass is 19.1. The van der Waals surface area contributed by atoms with E-state index in [0.717, 1.165) is 34.7 Å². The van der Waals surface area contributed by atoms with Gasteiger partial charge in [0.15, 0.2) is 11.5 Å². The minimum absolute atomic E-state index is 0.219. The van der Waals surface area contributed by atoms with E-state index < -0.39 is 0 Å². The van der Waals surface area contributed by atoms with Crippen molar-refractivity contribution >= 4 is 16.8 Å². The number of nitrogens with zero attached hydrogens (tertiary/aromatic N) is 1. The number of oxazole rings is 1. The van der Waals surface area contributed by atoms with Gasteiger partial charge in [0.1, 0.15) is 11.3 Å². The predicted molar refractivity (Wildman–Crippen MR) is 77.1 cm³/mol. The minimum Gasteiger partial charge on any atom is -0.441 e. The molecule has 0 aliphatic heterocycles. The number of halogens is 1. The van der Waals surface area contributed by atoms with Crippen LogP contribution in [0.3, 0.4) is 0 Å². The molecule has 0 spiro atoms. The molecule has 102 valence electrons. The molecule has 4 heteroatoms. The summed E-state index contributed by atoms with van der Waals surface area (Å²) in [6.45, 7) is 2.58. The summed E-state index contributed by atoms with van der Waals surface area (Å²) in [6, 6.07) is 12.3. The SMILES string of the molecule is CCc1nc2cc(NCc3cccc(F)c3)ccc2o1. The molecule has 0 saturated heterocycles. The normalized spacial score (nSPS) is 10.9. The first-order valence-electron chi connectivity index (χ1n) is 6.62. The smallest absolute Gasteiger partial charge is 0.195 e. The van der Waals surface area contributed by atoms with E-state index >= 15 is 0 Å². The van der Waals surface area contributed by atoms with Gasteiger partial charge in [-0.25, -0.2) is 9.37 Å². The number of anilines is 1. The van der Waals surface area contributed by atoms with Crippen molar-refractivity contribution in [3.63, 3.8) is 0 Å². The van der Waals surface area contributed by atoms with Crippen molar-refractivity contribution < 1.29 is 8.81 Å². The first-order chi connectivity index (χ1) is 9.74. The van der Waals surface area contributed by atoms with Gasteiger partial charge in [0, 0.05) is 18.7 Å². The fraction of sp³-hybridized carbons (Fsp3) is 0.188. The van der Waals surface area contributed by atoms with Crippen molar-refractivity contribution in [1.82, 2.24) is 4.98 Å². The van der Waals surface area contributed by atoms with Gasteiger partial charge in [-0.05, 0) is 35.9 Å². The van der Waals surface area contributed by atoms with Crippen LogP contribution in [-0.4, -0.2) is 4.98 Å². The van der Waals surface area contributed by atoms with Crippen molar-refractivity contribution in [3.05, 3.63) is 59.7 Å². The zero-order valence-corrected chi connectivity index (χ0v) is 11.2. The molecule has 1 N–H and O–H groups in total. The second-order valence-corrected chi connectivity index (χ2v) is 4.63. The Morgan fingerprint density at radius 1 is 1.20 bits per heavy atom. The maximum absolute atomic E-state index is 13.1. The summed E-state index contributed by atoms with van der Waals surface area (Å²) in [6.07, 6.45) is 0.779.